The molecule has 0 saturated carbocycles. The second-order valence-electron chi connectivity index (χ2n) is 3.13. The summed E-state index contributed by atoms with van der Waals surface area (Å²) in [6, 6.07) is 2.21. The van der Waals surface area contributed by atoms with Crippen molar-refractivity contribution in [3.8, 4) is 6.07 Å². The molecule has 12 heavy (non-hydrogen) atoms. The van der Waals surface area contributed by atoms with E-state index in [0.29, 0.717) is 5.70 Å². The minimum Gasteiger partial charge on any atom is -0.401 e. The van der Waals surface area contributed by atoms with E-state index in [2.05, 4.69) is 13.0 Å². The van der Waals surface area contributed by atoms with Gasteiger partial charge in [0.1, 0.15) is 0 Å². The van der Waals surface area contributed by atoms with Gasteiger partial charge in [0, 0.05) is 5.70 Å². The molecule has 2 nitrogen and oxygen atoms in total. The van der Waals surface area contributed by atoms with Gasteiger partial charge in [-0.25, -0.2) is 0 Å². The molecule has 0 aromatic carbocycles. The van der Waals surface area contributed by atoms with Crippen molar-refractivity contribution in [3.05, 3.63) is 23.4 Å². The van der Waals surface area contributed by atoms with E-state index in [1.165, 1.54) is 5.57 Å². The lowest BCUT2D eigenvalue weighted by Crippen LogP contribution is -2.13. The third-order valence-corrected chi connectivity index (χ3v) is 2.11. The predicted octanol–water partition coefficient (Wildman–Crippen LogP) is 2.10. The first-order valence-corrected chi connectivity index (χ1v) is 4.32. The average molecular weight is 162 g/mol. The molecule has 2 heteroatoms. The van der Waals surface area contributed by atoms with Gasteiger partial charge in [-0.1, -0.05) is 25.0 Å². The maximum Gasteiger partial charge on any atom is 0.0894 e. The van der Waals surface area contributed by atoms with Gasteiger partial charge in [0.25, 0.3) is 0 Å². The van der Waals surface area contributed by atoms with Crippen LogP contribution in [0.3, 0.4) is 0 Å². The summed E-state index contributed by atoms with van der Waals surface area (Å²) in [6.45, 7) is 2.14. The van der Waals surface area contributed by atoms with Gasteiger partial charge in [-0.3, -0.25) is 0 Å². The van der Waals surface area contributed by atoms with Crippen LogP contribution in [0.1, 0.15) is 26.2 Å². The number of nitriles is 1. The first-order chi connectivity index (χ1) is 5.77. The Bertz CT molecular complexity index is 256. The monoisotopic (exact) mass is 162 g/mol. The molecular weight excluding hydrogens is 148 g/mol. The van der Waals surface area contributed by atoms with Crippen LogP contribution in [0.25, 0.3) is 0 Å². The van der Waals surface area contributed by atoms with Crippen molar-refractivity contribution >= 4 is 0 Å². The van der Waals surface area contributed by atoms with Crippen LogP contribution < -0.4 is 5.73 Å². The number of rotatable bonds is 2. The Kier molecular flexibility index (Phi) is 2.93. The van der Waals surface area contributed by atoms with E-state index in [1.807, 2.05) is 12.2 Å². The van der Waals surface area contributed by atoms with Gasteiger partial charge < -0.3 is 5.73 Å². The van der Waals surface area contributed by atoms with Crippen LogP contribution in [0.15, 0.2) is 23.4 Å². The molecule has 0 aromatic rings. The molecular formula is C10H14N2. The molecule has 1 aliphatic rings. The maximum atomic E-state index is 8.75. The molecule has 1 rings (SSSR count). The summed E-state index contributed by atoms with van der Waals surface area (Å²) in [5.41, 5.74) is 7.69. The number of hydrogen-bond donors (Lipinski definition) is 1. The Morgan fingerprint density at radius 2 is 2.42 bits per heavy atom. The van der Waals surface area contributed by atoms with Gasteiger partial charge >= 0.3 is 0 Å². The zero-order chi connectivity index (χ0) is 8.97. The van der Waals surface area contributed by atoms with Gasteiger partial charge in [-0.2, -0.15) is 5.26 Å². The van der Waals surface area contributed by atoms with Gasteiger partial charge in [-0.05, 0) is 18.9 Å². The SMILES string of the molecule is CCCC1=CC=C(N)C(C#N)C1. The zero-order valence-electron chi connectivity index (χ0n) is 7.38. The molecule has 0 aromatic heterocycles. The summed E-state index contributed by atoms with van der Waals surface area (Å²) in [6.07, 6.45) is 6.96. The summed E-state index contributed by atoms with van der Waals surface area (Å²) in [5.74, 6) is -0.0865. The van der Waals surface area contributed by atoms with Gasteiger partial charge in [0.15, 0.2) is 0 Å². The van der Waals surface area contributed by atoms with Gasteiger partial charge in [-0.15, -0.1) is 0 Å². The third-order valence-electron chi connectivity index (χ3n) is 2.11. The Labute approximate surface area is 73.4 Å². The van der Waals surface area contributed by atoms with Crippen LogP contribution >= 0.6 is 0 Å². The number of nitrogens with zero attached hydrogens (tertiary/aromatic N) is 1. The molecule has 0 bridgehead atoms. The molecule has 0 aliphatic heterocycles. The lowest BCUT2D eigenvalue weighted by molar-refractivity contribution is 0.698. The molecule has 1 aliphatic carbocycles. The van der Waals surface area contributed by atoms with E-state index in [0.717, 1.165) is 19.3 Å². The Morgan fingerprint density at radius 1 is 1.67 bits per heavy atom. The van der Waals surface area contributed by atoms with E-state index in [4.69, 9.17) is 11.0 Å². The summed E-state index contributed by atoms with van der Waals surface area (Å²) in [7, 11) is 0. The van der Waals surface area contributed by atoms with E-state index < -0.39 is 0 Å². The first-order valence-electron chi connectivity index (χ1n) is 4.32. The largest absolute Gasteiger partial charge is 0.401 e. The molecule has 1 unspecified atom stereocenters. The Hall–Kier alpha value is -1.23. The Morgan fingerprint density at radius 3 is 3.00 bits per heavy atom. The molecule has 64 valence electrons. The highest BCUT2D eigenvalue weighted by molar-refractivity contribution is 5.28. The highest BCUT2D eigenvalue weighted by Gasteiger charge is 2.15. The average Bonchev–Trinajstić information content (AvgIpc) is 2.09. The third kappa shape index (κ3) is 1.88. The van der Waals surface area contributed by atoms with Gasteiger partial charge in [0.2, 0.25) is 0 Å². The van der Waals surface area contributed by atoms with Crippen LogP contribution in [0.2, 0.25) is 0 Å². The number of allylic oxidation sites excluding steroid dienone is 4. The van der Waals surface area contributed by atoms with Crippen molar-refractivity contribution in [1.29, 1.82) is 5.26 Å². The van der Waals surface area contributed by atoms with E-state index in [-0.39, 0.29) is 5.92 Å². The van der Waals surface area contributed by atoms with Crippen molar-refractivity contribution in [2.24, 2.45) is 11.7 Å². The summed E-state index contributed by atoms with van der Waals surface area (Å²) in [5, 5.41) is 8.75. The van der Waals surface area contributed by atoms with Crippen molar-refractivity contribution in [1.82, 2.24) is 0 Å². The topological polar surface area (TPSA) is 49.8 Å². The predicted molar refractivity (Wildman–Crippen MR) is 49.0 cm³/mol. The first kappa shape index (κ1) is 8.86. The van der Waals surface area contributed by atoms with Crippen LogP contribution in [0.5, 0.6) is 0 Å². The molecule has 0 radical (unpaired) electrons. The maximum absolute atomic E-state index is 8.75. The quantitative estimate of drug-likeness (QED) is 0.676. The molecule has 2 N–H and O–H groups in total. The van der Waals surface area contributed by atoms with Crippen molar-refractivity contribution in [2.75, 3.05) is 0 Å². The second-order valence-corrected chi connectivity index (χ2v) is 3.13. The van der Waals surface area contributed by atoms with Crippen molar-refractivity contribution in [3.63, 3.8) is 0 Å². The summed E-state index contributed by atoms with van der Waals surface area (Å²) in [4.78, 5) is 0. The van der Waals surface area contributed by atoms with Crippen LogP contribution in [0, 0.1) is 17.2 Å². The van der Waals surface area contributed by atoms with Gasteiger partial charge in [0.05, 0.1) is 12.0 Å². The lowest BCUT2D eigenvalue weighted by atomic mass is 9.90. The summed E-state index contributed by atoms with van der Waals surface area (Å²) < 4.78 is 0. The highest BCUT2D eigenvalue weighted by Crippen LogP contribution is 2.24. The molecule has 1 atom stereocenters. The van der Waals surface area contributed by atoms with Crippen LogP contribution in [-0.4, -0.2) is 0 Å². The minimum absolute atomic E-state index is 0.0865. The van der Waals surface area contributed by atoms with Crippen LogP contribution in [0.4, 0.5) is 0 Å². The minimum atomic E-state index is -0.0865. The van der Waals surface area contributed by atoms with Crippen molar-refractivity contribution in [2.45, 2.75) is 26.2 Å². The molecule has 0 heterocycles. The highest BCUT2D eigenvalue weighted by atomic mass is 14.6. The van der Waals surface area contributed by atoms with E-state index in [1.54, 1.807) is 0 Å². The molecule has 0 amide bonds. The normalized spacial score (nSPS) is 22.5. The summed E-state index contributed by atoms with van der Waals surface area (Å²) >= 11 is 0. The fourth-order valence-corrected chi connectivity index (χ4v) is 1.41. The van der Waals surface area contributed by atoms with Crippen LogP contribution in [-0.2, 0) is 0 Å². The second kappa shape index (κ2) is 3.96. The lowest BCUT2D eigenvalue weighted by Gasteiger charge is -2.15. The number of hydrogen-bond acceptors (Lipinski definition) is 2. The molecule has 0 saturated heterocycles. The fourth-order valence-electron chi connectivity index (χ4n) is 1.41. The fraction of sp³-hybridized carbons (Fsp3) is 0.500. The number of nitrogens with two attached hydrogens (primary N) is 1. The zero-order valence-corrected chi connectivity index (χ0v) is 7.38. The smallest absolute Gasteiger partial charge is 0.0894 e. The van der Waals surface area contributed by atoms with E-state index >= 15 is 0 Å². The standard InChI is InChI=1S/C10H14N2/c1-2-3-8-4-5-10(12)9(6-8)7-11/h4-5,9H,2-3,6,12H2,1H3. The van der Waals surface area contributed by atoms with Crippen molar-refractivity contribution < 1.29 is 0 Å². The van der Waals surface area contributed by atoms with E-state index in [9.17, 15) is 0 Å². The Balaban J connectivity index is 2.67. The molecule has 0 fully saturated rings. The molecule has 0 spiro atoms.